The van der Waals surface area contributed by atoms with E-state index in [1.165, 1.54) is 5.06 Å². The van der Waals surface area contributed by atoms with Gasteiger partial charge in [0.25, 0.3) is 0 Å². The Morgan fingerprint density at radius 2 is 1.65 bits per heavy atom. The predicted octanol–water partition coefficient (Wildman–Crippen LogP) is 3.51. The van der Waals surface area contributed by atoms with Crippen LogP contribution in [0.4, 0.5) is 5.69 Å². The zero-order valence-corrected chi connectivity index (χ0v) is 13.7. The van der Waals surface area contributed by atoms with Crippen LogP contribution in [0.15, 0.2) is 60.7 Å². The number of hydrogen-bond donors (Lipinski definition) is 1. The van der Waals surface area contributed by atoms with Crippen LogP contribution in [0.2, 0.25) is 0 Å². The lowest BCUT2D eigenvalue weighted by Crippen LogP contribution is -2.30. The van der Waals surface area contributed by atoms with Crippen LogP contribution in [-0.4, -0.2) is 17.4 Å². The fourth-order valence-corrected chi connectivity index (χ4v) is 2.34. The minimum Gasteiger partial charge on any atom is -0.379 e. The van der Waals surface area contributed by atoms with Crippen molar-refractivity contribution in [1.29, 1.82) is 0 Å². The number of rotatable bonds is 7. The van der Waals surface area contributed by atoms with Gasteiger partial charge in [-0.3, -0.25) is 4.84 Å². The zero-order valence-electron chi connectivity index (χ0n) is 12.0. The van der Waals surface area contributed by atoms with Gasteiger partial charge in [-0.1, -0.05) is 48.5 Å². The number of benzene rings is 2. The first-order chi connectivity index (χ1) is 10.9. The van der Waals surface area contributed by atoms with Gasteiger partial charge in [0, 0.05) is 11.2 Å². The van der Waals surface area contributed by atoms with Crippen LogP contribution in [0.5, 0.6) is 0 Å². The maximum atomic E-state index is 11.7. The number of carbonyl (C=O) groups excluding carboxylic acids is 1. The van der Waals surface area contributed by atoms with Gasteiger partial charge in [-0.2, -0.15) is 0 Å². The third-order valence-corrected chi connectivity index (χ3v) is 3.40. The molecule has 2 aromatic carbocycles. The summed E-state index contributed by atoms with van der Waals surface area (Å²) >= 11 is 5.04. The van der Waals surface area contributed by atoms with E-state index in [0.717, 1.165) is 5.56 Å². The number of para-hydroxylation sites is 1. The Kier molecular flexibility index (Phi) is 6.19. The standard InChI is InChI=1S/C15H15ClNO5P/c16-23(19,20)22-15(18)11-17(14-9-5-2-6-10-14)21-12-13-7-3-1-4-8-13/h1-10H,11-12H2,(H,19,20). The van der Waals surface area contributed by atoms with Gasteiger partial charge in [0.1, 0.15) is 6.54 Å². The van der Waals surface area contributed by atoms with Crippen LogP contribution in [0, 0.1) is 0 Å². The summed E-state index contributed by atoms with van der Waals surface area (Å²) in [6, 6.07) is 18.2. The van der Waals surface area contributed by atoms with Crippen molar-refractivity contribution in [1.82, 2.24) is 0 Å². The molecule has 0 aliphatic carbocycles. The molecule has 0 fully saturated rings. The fraction of sp³-hybridized carbons (Fsp3) is 0.133. The van der Waals surface area contributed by atoms with Crippen molar-refractivity contribution in [2.24, 2.45) is 0 Å². The second-order valence-corrected chi connectivity index (χ2v) is 6.91. The van der Waals surface area contributed by atoms with Gasteiger partial charge in [0.2, 0.25) is 0 Å². The van der Waals surface area contributed by atoms with E-state index in [1.54, 1.807) is 24.3 Å². The summed E-state index contributed by atoms with van der Waals surface area (Å²) in [5.41, 5.74) is 1.51. The van der Waals surface area contributed by atoms with Crippen LogP contribution in [-0.2, 0) is 25.3 Å². The maximum absolute atomic E-state index is 11.7. The Labute approximate surface area is 138 Å². The van der Waals surface area contributed by atoms with Crippen LogP contribution in [0.3, 0.4) is 0 Å². The Morgan fingerprint density at radius 3 is 2.22 bits per heavy atom. The lowest BCUT2D eigenvalue weighted by atomic mass is 10.2. The minimum atomic E-state index is -4.41. The van der Waals surface area contributed by atoms with E-state index in [9.17, 15) is 9.36 Å². The highest BCUT2D eigenvalue weighted by Gasteiger charge is 2.23. The van der Waals surface area contributed by atoms with Crippen molar-refractivity contribution >= 4 is 29.8 Å². The Morgan fingerprint density at radius 1 is 1.09 bits per heavy atom. The molecule has 0 spiro atoms. The molecule has 6 nitrogen and oxygen atoms in total. The summed E-state index contributed by atoms with van der Waals surface area (Å²) in [4.78, 5) is 26.2. The van der Waals surface area contributed by atoms with Crippen LogP contribution >= 0.6 is 18.2 Å². The zero-order chi connectivity index (χ0) is 16.7. The van der Waals surface area contributed by atoms with E-state index in [2.05, 4.69) is 4.52 Å². The minimum absolute atomic E-state index is 0.223. The summed E-state index contributed by atoms with van der Waals surface area (Å²) in [6.07, 6.45) is 0. The third-order valence-electron chi connectivity index (χ3n) is 2.76. The molecule has 1 N–H and O–H groups in total. The van der Waals surface area contributed by atoms with Gasteiger partial charge in [0.05, 0.1) is 12.3 Å². The molecule has 0 saturated heterocycles. The number of carbonyl (C=O) groups is 1. The molecule has 1 unspecified atom stereocenters. The van der Waals surface area contributed by atoms with Crippen molar-refractivity contribution in [3.63, 3.8) is 0 Å². The molecule has 0 amide bonds. The molecule has 2 aromatic rings. The van der Waals surface area contributed by atoms with Crippen molar-refractivity contribution in [3.05, 3.63) is 66.2 Å². The van der Waals surface area contributed by atoms with E-state index in [-0.39, 0.29) is 13.2 Å². The van der Waals surface area contributed by atoms with E-state index >= 15 is 0 Å². The molecule has 0 bridgehead atoms. The summed E-state index contributed by atoms with van der Waals surface area (Å²) in [5, 5.41) is 1.28. The first-order valence-electron chi connectivity index (χ1n) is 6.68. The quantitative estimate of drug-likeness (QED) is 0.605. The normalized spacial score (nSPS) is 13.1. The summed E-state index contributed by atoms with van der Waals surface area (Å²) in [6.45, 7) is -4.56. The maximum Gasteiger partial charge on any atom is 0.476 e. The molecular formula is C15H15ClNO5P. The van der Waals surface area contributed by atoms with Crippen LogP contribution in [0.25, 0.3) is 0 Å². The van der Waals surface area contributed by atoms with Gasteiger partial charge in [-0.05, 0) is 17.7 Å². The molecule has 122 valence electrons. The molecule has 0 heterocycles. The molecule has 0 aromatic heterocycles. The Bertz CT molecular complexity index is 677. The second-order valence-electron chi connectivity index (χ2n) is 4.55. The van der Waals surface area contributed by atoms with Crippen molar-refractivity contribution in [3.8, 4) is 0 Å². The van der Waals surface area contributed by atoms with Crippen molar-refractivity contribution in [2.75, 3.05) is 11.6 Å². The average Bonchev–Trinajstić information content (AvgIpc) is 2.51. The summed E-state index contributed by atoms with van der Waals surface area (Å²) in [7, 11) is 0. The molecular weight excluding hydrogens is 341 g/mol. The molecule has 8 heteroatoms. The van der Waals surface area contributed by atoms with Crippen LogP contribution < -0.4 is 5.06 Å². The molecule has 23 heavy (non-hydrogen) atoms. The third kappa shape index (κ3) is 6.42. The molecule has 0 aliphatic heterocycles. The lowest BCUT2D eigenvalue weighted by Gasteiger charge is -2.23. The summed E-state index contributed by atoms with van der Waals surface area (Å²) in [5.74, 6) is -0.970. The van der Waals surface area contributed by atoms with E-state index in [4.69, 9.17) is 21.0 Å². The second kappa shape index (κ2) is 8.13. The van der Waals surface area contributed by atoms with E-state index in [1.807, 2.05) is 36.4 Å². The predicted molar refractivity (Wildman–Crippen MR) is 86.8 cm³/mol. The average molecular weight is 356 g/mol. The molecule has 0 aliphatic rings. The van der Waals surface area contributed by atoms with Gasteiger partial charge in [-0.15, -0.1) is 0 Å². The van der Waals surface area contributed by atoms with Crippen LogP contribution in [0.1, 0.15) is 5.56 Å². The van der Waals surface area contributed by atoms with Gasteiger partial charge >= 0.3 is 12.9 Å². The lowest BCUT2D eigenvalue weighted by molar-refractivity contribution is -0.134. The molecule has 0 saturated carbocycles. The molecule has 2 rings (SSSR count). The van der Waals surface area contributed by atoms with E-state index in [0.29, 0.717) is 5.69 Å². The number of hydrogen-bond acceptors (Lipinski definition) is 5. The smallest absolute Gasteiger partial charge is 0.379 e. The number of anilines is 1. The van der Waals surface area contributed by atoms with Gasteiger partial charge in [-0.25, -0.2) is 14.4 Å². The Balaban J connectivity index is 2.06. The largest absolute Gasteiger partial charge is 0.476 e. The highest BCUT2D eigenvalue weighted by Crippen LogP contribution is 2.47. The topological polar surface area (TPSA) is 76.1 Å². The van der Waals surface area contributed by atoms with Gasteiger partial charge in [0.15, 0.2) is 0 Å². The first-order valence-corrected chi connectivity index (χ1v) is 9.16. The number of hydroxylamine groups is 1. The highest BCUT2D eigenvalue weighted by atomic mass is 35.7. The van der Waals surface area contributed by atoms with E-state index < -0.39 is 12.9 Å². The van der Waals surface area contributed by atoms with Crippen molar-refractivity contribution < 1.29 is 23.6 Å². The molecule has 1 atom stereocenters. The first kappa shape index (κ1) is 17.5. The SMILES string of the molecule is O=C(CN(OCc1ccccc1)c1ccccc1)OP(=O)(O)Cl. The molecule has 0 radical (unpaired) electrons. The fourth-order valence-electron chi connectivity index (χ4n) is 1.80. The highest BCUT2D eigenvalue weighted by molar-refractivity contribution is 7.80. The van der Waals surface area contributed by atoms with Crippen molar-refractivity contribution in [2.45, 2.75) is 6.61 Å². The summed E-state index contributed by atoms with van der Waals surface area (Å²) < 4.78 is 15.2. The van der Waals surface area contributed by atoms with Gasteiger partial charge < -0.3 is 9.42 Å². The monoisotopic (exact) mass is 355 g/mol. The number of nitrogens with zero attached hydrogens (tertiary/aromatic N) is 1. The Hall–Kier alpha value is -1.85. The number of halogens is 1.